The van der Waals surface area contributed by atoms with Crippen molar-refractivity contribution in [1.82, 2.24) is 9.97 Å². The second-order valence-corrected chi connectivity index (χ2v) is 4.62. The molecule has 0 radical (unpaired) electrons. The number of hydrogen-bond acceptors (Lipinski definition) is 5. The van der Waals surface area contributed by atoms with E-state index in [1.54, 1.807) is 0 Å². The van der Waals surface area contributed by atoms with Gasteiger partial charge in [0.05, 0.1) is 12.6 Å². The lowest BCUT2D eigenvalue weighted by Crippen LogP contribution is -2.31. The van der Waals surface area contributed by atoms with Crippen LogP contribution in [0.1, 0.15) is 31.2 Å². The lowest BCUT2D eigenvalue weighted by atomic mass is 10.1. The van der Waals surface area contributed by atoms with E-state index in [-0.39, 0.29) is 0 Å². The molecule has 1 saturated heterocycles. The summed E-state index contributed by atoms with van der Waals surface area (Å²) in [6.45, 7) is 5.75. The van der Waals surface area contributed by atoms with Crippen LogP contribution in [-0.4, -0.2) is 36.3 Å². The second-order valence-electron chi connectivity index (χ2n) is 4.62. The van der Waals surface area contributed by atoms with E-state index in [0.717, 1.165) is 55.5 Å². The smallest absolute Gasteiger partial charge is 0.135 e. The third-order valence-electron chi connectivity index (χ3n) is 3.25. The van der Waals surface area contributed by atoms with Crippen molar-refractivity contribution < 1.29 is 4.74 Å². The van der Waals surface area contributed by atoms with Gasteiger partial charge in [-0.2, -0.15) is 0 Å². The third-order valence-corrected chi connectivity index (χ3v) is 3.25. The van der Waals surface area contributed by atoms with Gasteiger partial charge in [0.15, 0.2) is 0 Å². The number of nitrogens with one attached hydrogen (secondary N) is 2. The van der Waals surface area contributed by atoms with Gasteiger partial charge in [-0.1, -0.05) is 6.92 Å². The first kappa shape index (κ1) is 13.1. The van der Waals surface area contributed by atoms with Crippen molar-refractivity contribution in [3.8, 4) is 0 Å². The Hall–Kier alpha value is -1.36. The molecule has 100 valence electrons. The van der Waals surface area contributed by atoms with Crippen LogP contribution in [0.2, 0.25) is 0 Å². The maximum absolute atomic E-state index is 5.49. The number of aromatic nitrogens is 2. The molecule has 1 fully saturated rings. The Labute approximate surface area is 108 Å². The van der Waals surface area contributed by atoms with E-state index in [1.165, 1.54) is 0 Å². The van der Waals surface area contributed by atoms with Crippen LogP contribution < -0.4 is 10.6 Å². The molecule has 1 aromatic rings. The quantitative estimate of drug-likeness (QED) is 0.855. The highest BCUT2D eigenvalue weighted by molar-refractivity contribution is 5.57. The van der Waals surface area contributed by atoms with Gasteiger partial charge in [0.2, 0.25) is 0 Å². The first-order chi connectivity index (χ1) is 8.74. The average molecular weight is 250 g/mol. The monoisotopic (exact) mass is 250 g/mol. The van der Waals surface area contributed by atoms with Crippen LogP contribution in [0.3, 0.4) is 0 Å². The van der Waals surface area contributed by atoms with Gasteiger partial charge in [0, 0.05) is 25.6 Å². The summed E-state index contributed by atoms with van der Waals surface area (Å²) in [6, 6.07) is 0.363. The van der Waals surface area contributed by atoms with Crippen molar-refractivity contribution in [3.63, 3.8) is 0 Å². The fraction of sp³-hybridized carbons (Fsp3) is 0.692. The molecule has 5 nitrogen and oxygen atoms in total. The van der Waals surface area contributed by atoms with Gasteiger partial charge in [0.1, 0.15) is 17.5 Å². The number of hydrogen-bond donors (Lipinski definition) is 2. The normalized spacial score (nSPS) is 19.6. The maximum atomic E-state index is 5.49. The predicted molar refractivity (Wildman–Crippen MR) is 73.2 cm³/mol. The van der Waals surface area contributed by atoms with Crippen LogP contribution in [0.15, 0.2) is 0 Å². The molecule has 5 heteroatoms. The summed E-state index contributed by atoms with van der Waals surface area (Å²) in [4.78, 5) is 9.05. The Bertz CT molecular complexity index is 402. The van der Waals surface area contributed by atoms with Crippen molar-refractivity contribution >= 4 is 11.6 Å². The first-order valence-corrected chi connectivity index (χ1v) is 6.64. The van der Waals surface area contributed by atoms with Gasteiger partial charge in [0.25, 0.3) is 0 Å². The lowest BCUT2D eigenvalue weighted by Gasteiger charge is -2.25. The third kappa shape index (κ3) is 2.90. The molecule has 0 aliphatic carbocycles. The van der Waals surface area contributed by atoms with Gasteiger partial charge >= 0.3 is 0 Å². The topological polar surface area (TPSA) is 59.1 Å². The van der Waals surface area contributed by atoms with Crippen molar-refractivity contribution in [2.45, 2.75) is 39.2 Å². The summed E-state index contributed by atoms with van der Waals surface area (Å²) in [7, 11) is 1.89. The van der Waals surface area contributed by atoms with Gasteiger partial charge in [-0.25, -0.2) is 9.97 Å². The summed E-state index contributed by atoms with van der Waals surface area (Å²) in [6.07, 6.45) is 3.09. The number of rotatable bonds is 4. The molecule has 1 unspecified atom stereocenters. The van der Waals surface area contributed by atoms with E-state index < -0.39 is 0 Å². The van der Waals surface area contributed by atoms with Gasteiger partial charge in [-0.3, -0.25) is 0 Å². The molecule has 2 heterocycles. The zero-order chi connectivity index (χ0) is 13.0. The summed E-state index contributed by atoms with van der Waals surface area (Å²) in [5.41, 5.74) is 1.07. The van der Waals surface area contributed by atoms with Crippen molar-refractivity contribution in [2.24, 2.45) is 0 Å². The van der Waals surface area contributed by atoms with Crippen molar-refractivity contribution in [1.29, 1.82) is 0 Å². The van der Waals surface area contributed by atoms with Gasteiger partial charge < -0.3 is 15.4 Å². The van der Waals surface area contributed by atoms with E-state index in [4.69, 9.17) is 4.74 Å². The number of anilines is 2. The minimum absolute atomic E-state index is 0.363. The van der Waals surface area contributed by atoms with Crippen molar-refractivity contribution in [3.05, 3.63) is 11.4 Å². The molecule has 2 rings (SSSR count). The zero-order valence-electron chi connectivity index (χ0n) is 11.4. The van der Waals surface area contributed by atoms with E-state index in [1.807, 2.05) is 14.0 Å². The fourth-order valence-corrected chi connectivity index (χ4v) is 2.15. The van der Waals surface area contributed by atoms with Crippen LogP contribution in [0.4, 0.5) is 11.6 Å². The lowest BCUT2D eigenvalue weighted by molar-refractivity contribution is 0.0875. The maximum Gasteiger partial charge on any atom is 0.135 e. The summed E-state index contributed by atoms with van der Waals surface area (Å²) in [5, 5.41) is 6.61. The SMILES string of the molecule is CCc1nc(NC)c(C)c(NC2CCCOC2)n1. The summed E-state index contributed by atoms with van der Waals surface area (Å²) >= 11 is 0. The van der Waals surface area contributed by atoms with Gasteiger partial charge in [-0.05, 0) is 19.8 Å². The standard InChI is InChI=1S/C13H22N4O/c1-4-11-16-12(14-3)9(2)13(17-11)15-10-6-5-7-18-8-10/h10H,4-8H2,1-3H3,(H2,14,15,16,17). The van der Waals surface area contributed by atoms with Crippen LogP contribution >= 0.6 is 0 Å². The Kier molecular flexibility index (Phi) is 4.36. The predicted octanol–water partition coefficient (Wildman–Crippen LogP) is 1.98. The highest BCUT2D eigenvalue weighted by atomic mass is 16.5. The zero-order valence-corrected chi connectivity index (χ0v) is 11.4. The Morgan fingerprint density at radius 1 is 1.33 bits per heavy atom. The van der Waals surface area contributed by atoms with Gasteiger partial charge in [-0.15, -0.1) is 0 Å². The average Bonchev–Trinajstić information content (AvgIpc) is 2.42. The van der Waals surface area contributed by atoms with Crippen LogP contribution in [0.5, 0.6) is 0 Å². The molecule has 2 N–H and O–H groups in total. The minimum Gasteiger partial charge on any atom is -0.379 e. The molecular formula is C13H22N4O. The van der Waals surface area contributed by atoms with Crippen LogP contribution in [0.25, 0.3) is 0 Å². The highest BCUT2D eigenvalue weighted by Crippen LogP contribution is 2.22. The Morgan fingerprint density at radius 3 is 2.72 bits per heavy atom. The summed E-state index contributed by atoms with van der Waals surface area (Å²) in [5.74, 6) is 2.70. The van der Waals surface area contributed by atoms with E-state index in [0.29, 0.717) is 6.04 Å². The number of aryl methyl sites for hydroxylation is 1. The molecule has 1 aliphatic rings. The fourth-order valence-electron chi connectivity index (χ4n) is 2.15. The van der Waals surface area contributed by atoms with E-state index in [9.17, 15) is 0 Å². The van der Waals surface area contributed by atoms with Crippen molar-refractivity contribution in [2.75, 3.05) is 30.9 Å². The van der Waals surface area contributed by atoms with Crippen LogP contribution in [-0.2, 0) is 11.2 Å². The number of ether oxygens (including phenoxy) is 1. The largest absolute Gasteiger partial charge is 0.379 e. The molecule has 0 amide bonds. The Morgan fingerprint density at radius 2 is 2.11 bits per heavy atom. The summed E-state index contributed by atoms with van der Waals surface area (Å²) < 4.78 is 5.49. The minimum atomic E-state index is 0.363. The molecule has 1 atom stereocenters. The van der Waals surface area contributed by atoms with E-state index >= 15 is 0 Å². The molecule has 0 saturated carbocycles. The second kappa shape index (κ2) is 6.00. The number of nitrogens with zero attached hydrogens (tertiary/aromatic N) is 2. The Balaban J connectivity index is 2.19. The highest BCUT2D eigenvalue weighted by Gasteiger charge is 2.17. The molecule has 0 spiro atoms. The molecule has 1 aromatic heterocycles. The molecular weight excluding hydrogens is 228 g/mol. The van der Waals surface area contributed by atoms with Crippen LogP contribution in [0, 0.1) is 6.92 Å². The first-order valence-electron chi connectivity index (χ1n) is 6.64. The molecule has 18 heavy (non-hydrogen) atoms. The molecule has 1 aliphatic heterocycles. The molecule has 0 aromatic carbocycles. The molecule has 0 bridgehead atoms. The van der Waals surface area contributed by atoms with E-state index in [2.05, 4.69) is 27.5 Å².